The van der Waals surface area contributed by atoms with Crippen LogP contribution < -0.4 is 15.0 Å². The summed E-state index contributed by atoms with van der Waals surface area (Å²) < 4.78 is 10.6. The Labute approximate surface area is 139 Å². The van der Waals surface area contributed by atoms with Crippen LogP contribution in [0.25, 0.3) is 0 Å². The van der Waals surface area contributed by atoms with E-state index in [1.807, 2.05) is 18.2 Å². The van der Waals surface area contributed by atoms with Crippen LogP contribution in [0.3, 0.4) is 0 Å². The molecule has 7 nitrogen and oxygen atoms in total. The van der Waals surface area contributed by atoms with Gasteiger partial charge < -0.3 is 19.4 Å². The fourth-order valence-electron chi connectivity index (χ4n) is 2.65. The van der Waals surface area contributed by atoms with E-state index in [4.69, 9.17) is 9.47 Å². The van der Waals surface area contributed by atoms with Crippen molar-refractivity contribution >= 4 is 5.91 Å². The van der Waals surface area contributed by atoms with Gasteiger partial charge in [-0.15, -0.1) is 0 Å². The van der Waals surface area contributed by atoms with E-state index in [1.165, 1.54) is 0 Å². The van der Waals surface area contributed by atoms with Crippen molar-refractivity contribution in [3.8, 4) is 11.5 Å². The fraction of sp³-hybridized carbons (Fsp3) is 0.353. The molecule has 0 atom stereocenters. The minimum Gasteiger partial charge on any atom is -0.454 e. The SMILES string of the molecule is Cc1nc(C)c(CC(=O)N(C)Cc2ccc3c(c2)OCO3)c(=O)[nH]1. The fourth-order valence-corrected chi connectivity index (χ4v) is 2.65. The Kier molecular flexibility index (Phi) is 4.24. The highest BCUT2D eigenvalue weighted by Crippen LogP contribution is 2.32. The van der Waals surface area contributed by atoms with Gasteiger partial charge in [0.05, 0.1) is 6.42 Å². The lowest BCUT2D eigenvalue weighted by atomic mass is 10.1. The van der Waals surface area contributed by atoms with Crippen LogP contribution in [0.4, 0.5) is 0 Å². The second-order valence-electron chi connectivity index (χ2n) is 5.83. The second-order valence-corrected chi connectivity index (χ2v) is 5.83. The molecule has 24 heavy (non-hydrogen) atoms. The first kappa shape index (κ1) is 16.0. The Morgan fingerprint density at radius 3 is 2.79 bits per heavy atom. The first-order chi connectivity index (χ1) is 11.4. The molecule has 0 fully saturated rings. The lowest BCUT2D eigenvalue weighted by molar-refractivity contribution is -0.129. The van der Waals surface area contributed by atoms with E-state index in [-0.39, 0.29) is 24.7 Å². The molecule has 0 aliphatic carbocycles. The number of likely N-dealkylation sites (N-methyl/N-ethyl adjacent to an activating group) is 1. The average molecular weight is 329 g/mol. The molecule has 1 N–H and O–H groups in total. The summed E-state index contributed by atoms with van der Waals surface area (Å²) in [6, 6.07) is 5.58. The summed E-state index contributed by atoms with van der Waals surface area (Å²) in [6.07, 6.45) is 0.0233. The van der Waals surface area contributed by atoms with Crippen LogP contribution in [0, 0.1) is 13.8 Å². The van der Waals surface area contributed by atoms with Gasteiger partial charge in [-0.3, -0.25) is 9.59 Å². The van der Waals surface area contributed by atoms with Gasteiger partial charge in [0.2, 0.25) is 12.7 Å². The van der Waals surface area contributed by atoms with E-state index < -0.39 is 0 Å². The Morgan fingerprint density at radius 1 is 1.29 bits per heavy atom. The number of aromatic amines is 1. The summed E-state index contributed by atoms with van der Waals surface area (Å²) in [5, 5.41) is 0. The molecule has 0 spiro atoms. The smallest absolute Gasteiger partial charge is 0.254 e. The third-order valence-corrected chi connectivity index (χ3v) is 3.95. The van der Waals surface area contributed by atoms with E-state index in [0.29, 0.717) is 35.1 Å². The van der Waals surface area contributed by atoms with Crippen molar-refractivity contribution in [1.82, 2.24) is 14.9 Å². The monoisotopic (exact) mass is 329 g/mol. The van der Waals surface area contributed by atoms with Crippen molar-refractivity contribution in [2.45, 2.75) is 26.8 Å². The highest BCUT2D eigenvalue weighted by Gasteiger charge is 2.17. The largest absolute Gasteiger partial charge is 0.454 e. The topological polar surface area (TPSA) is 84.5 Å². The number of carbonyl (C=O) groups is 1. The predicted molar refractivity (Wildman–Crippen MR) is 87.1 cm³/mol. The highest BCUT2D eigenvalue weighted by atomic mass is 16.7. The standard InChI is InChI=1S/C17H19N3O4/c1-10-13(17(22)19-11(2)18-10)7-16(21)20(3)8-12-4-5-14-15(6-12)24-9-23-14/h4-6H,7-9H2,1-3H3,(H,18,19,22). The van der Waals surface area contributed by atoms with E-state index in [9.17, 15) is 9.59 Å². The maximum Gasteiger partial charge on any atom is 0.254 e. The molecule has 2 aromatic rings. The molecule has 0 saturated heterocycles. The van der Waals surface area contributed by atoms with Gasteiger partial charge in [0.25, 0.3) is 5.56 Å². The van der Waals surface area contributed by atoms with Gasteiger partial charge in [-0.05, 0) is 31.5 Å². The van der Waals surface area contributed by atoms with Crippen molar-refractivity contribution in [2.24, 2.45) is 0 Å². The highest BCUT2D eigenvalue weighted by molar-refractivity contribution is 5.78. The van der Waals surface area contributed by atoms with Crippen molar-refractivity contribution in [3.63, 3.8) is 0 Å². The third kappa shape index (κ3) is 3.24. The van der Waals surface area contributed by atoms with E-state index in [2.05, 4.69) is 9.97 Å². The lowest BCUT2D eigenvalue weighted by Gasteiger charge is -2.18. The molecule has 1 aromatic carbocycles. The first-order valence-electron chi connectivity index (χ1n) is 7.63. The minimum atomic E-state index is -0.259. The molecular formula is C17H19N3O4. The van der Waals surface area contributed by atoms with Gasteiger partial charge >= 0.3 is 0 Å². The van der Waals surface area contributed by atoms with E-state index >= 15 is 0 Å². The molecule has 1 amide bonds. The number of rotatable bonds is 4. The molecule has 3 rings (SSSR count). The van der Waals surface area contributed by atoms with Crippen LogP contribution in [0.1, 0.15) is 22.6 Å². The Morgan fingerprint density at radius 2 is 2.04 bits per heavy atom. The van der Waals surface area contributed by atoms with Gasteiger partial charge in [-0.1, -0.05) is 6.07 Å². The first-order valence-corrected chi connectivity index (χ1v) is 7.63. The van der Waals surface area contributed by atoms with Crippen molar-refractivity contribution < 1.29 is 14.3 Å². The summed E-state index contributed by atoms with van der Waals surface area (Å²) in [7, 11) is 1.71. The number of nitrogens with zero attached hydrogens (tertiary/aromatic N) is 2. The van der Waals surface area contributed by atoms with E-state index in [1.54, 1.807) is 25.8 Å². The quantitative estimate of drug-likeness (QED) is 0.914. The van der Waals surface area contributed by atoms with Gasteiger partial charge in [0.15, 0.2) is 11.5 Å². The summed E-state index contributed by atoms with van der Waals surface area (Å²) >= 11 is 0. The second kappa shape index (κ2) is 6.35. The number of amides is 1. The lowest BCUT2D eigenvalue weighted by Crippen LogP contribution is -2.31. The molecule has 7 heteroatoms. The van der Waals surface area contributed by atoms with Crippen LogP contribution in [-0.4, -0.2) is 34.6 Å². The van der Waals surface area contributed by atoms with Crippen LogP contribution >= 0.6 is 0 Å². The van der Waals surface area contributed by atoms with Crippen LogP contribution in [0.5, 0.6) is 11.5 Å². The van der Waals surface area contributed by atoms with Crippen LogP contribution in [0.15, 0.2) is 23.0 Å². The maximum atomic E-state index is 12.4. The van der Waals surface area contributed by atoms with Crippen LogP contribution in [0.2, 0.25) is 0 Å². The zero-order valence-electron chi connectivity index (χ0n) is 13.9. The molecule has 0 unspecified atom stereocenters. The summed E-state index contributed by atoms with van der Waals surface area (Å²) in [4.78, 5) is 32.9. The molecule has 2 heterocycles. The van der Waals surface area contributed by atoms with Gasteiger partial charge in [-0.2, -0.15) is 0 Å². The molecular weight excluding hydrogens is 310 g/mol. The zero-order chi connectivity index (χ0) is 17.3. The molecule has 126 valence electrons. The summed E-state index contributed by atoms with van der Waals surface area (Å²) in [5.41, 5.74) is 1.66. The third-order valence-electron chi connectivity index (χ3n) is 3.95. The molecule has 0 bridgehead atoms. The minimum absolute atomic E-state index is 0.0233. The number of H-pyrrole nitrogens is 1. The van der Waals surface area contributed by atoms with Crippen molar-refractivity contribution in [3.05, 3.63) is 51.2 Å². The normalized spacial score (nSPS) is 12.3. The number of nitrogens with one attached hydrogen (secondary N) is 1. The number of benzene rings is 1. The Balaban J connectivity index is 1.70. The number of aryl methyl sites for hydroxylation is 2. The van der Waals surface area contributed by atoms with Crippen molar-refractivity contribution in [2.75, 3.05) is 13.8 Å². The maximum absolute atomic E-state index is 12.4. The number of hydrogen-bond acceptors (Lipinski definition) is 5. The molecule has 0 radical (unpaired) electrons. The molecule has 0 saturated carbocycles. The molecule has 1 aromatic heterocycles. The van der Waals surface area contributed by atoms with Gasteiger partial charge in [0.1, 0.15) is 5.82 Å². The zero-order valence-corrected chi connectivity index (χ0v) is 13.9. The number of ether oxygens (including phenoxy) is 2. The molecule has 1 aliphatic rings. The van der Waals surface area contributed by atoms with E-state index in [0.717, 1.165) is 5.56 Å². The van der Waals surface area contributed by atoms with Crippen molar-refractivity contribution in [1.29, 1.82) is 0 Å². The number of carbonyl (C=O) groups excluding carboxylic acids is 1. The van der Waals surface area contributed by atoms with Gasteiger partial charge in [0, 0.05) is 24.8 Å². The summed E-state index contributed by atoms with van der Waals surface area (Å²) in [5.74, 6) is 1.79. The number of hydrogen-bond donors (Lipinski definition) is 1. The number of aromatic nitrogens is 2. The average Bonchev–Trinajstić information content (AvgIpc) is 2.98. The Hall–Kier alpha value is -2.83. The number of fused-ring (bicyclic) bond motifs is 1. The van der Waals surface area contributed by atoms with Crippen LogP contribution in [-0.2, 0) is 17.8 Å². The Bertz CT molecular complexity index is 844. The molecule has 1 aliphatic heterocycles. The summed E-state index contributed by atoms with van der Waals surface area (Å²) in [6.45, 7) is 4.09. The predicted octanol–water partition coefficient (Wildman–Crippen LogP) is 1.32. The van der Waals surface area contributed by atoms with Gasteiger partial charge in [-0.25, -0.2) is 4.98 Å².